The highest BCUT2D eigenvalue weighted by Crippen LogP contribution is 2.29. The molecule has 0 unspecified atom stereocenters. The molecule has 1 aromatic carbocycles. The molecule has 3 heterocycles. The minimum atomic E-state index is -5.08. The summed E-state index contributed by atoms with van der Waals surface area (Å²) in [5, 5.41) is 9.88. The fourth-order valence-electron chi connectivity index (χ4n) is 2.89. The summed E-state index contributed by atoms with van der Waals surface area (Å²) in [6.45, 7) is 0.555. The summed E-state index contributed by atoms with van der Waals surface area (Å²) in [5.74, 6) is -3.81. The van der Waals surface area contributed by atoms with Crippen molar-refractivity contribution < 1.29 is 36.6 Å². The third-order valence-electron chi connectivity index (χ3n) is 4.31. The van der Waals surface area contributed by atoms with Crippen LogP contribution in [0.15, 0.2) is 42.6 Å². The number of hydrogen-bond acceptors (Lipinski definition) is 3. The van der Waals surface area contributed by atoms with Crippen LogP contribution in [-0.4, -0.2) is 39.7 Å². The van der Waals surface area contributed by atoms with Gasteiger partial charge in [-0.25, -0.2) is 13.6 Å². The molecule has 0 aliphatic carbocycles. The van der Waals surface area contributed by atoms with Crippen molar-refractivity contribution >= 4 is 11.9 Å². The lowest BCUT2D eigenvalue weighted by atomic mass is 10.1. The van der Waals surface area contributed by atoms with Gasteiger partial charge in [-0.3, -0.25) is 9.78 Å². The Labute approximate surface area is 171 Å². The first-order valence-corrected chi connectivity index (χ1v) is 8.78. The van der Waals surface area contributed by atoms with Gasteiger partial charge in [-0.2, -0.15) is 13.2 Å². The number of fused-ring (bicyclic) bond motifs is 1. The molecule has 1 aliphatic rings. The van der Waals surface area contributed by atoms with Crippen LogP contribution in [-0.2, 0) is 11.2 Å². The second-order valence-corrected chi connectivity index (χ2v) is 6.44. The third-order valence-corrected chi connectivity index (χ3v) is 4.31. The summed E-state index contributed by atoms with van der Waals surface area (Å²) in [6.07, 6.45) is -3.31. The van der Waals surface area contributed by atoms with E-state index >= 15 is 0 Å². The number of aromatic amines is 1. The van der Waals surface area contributed by atoms with E-state index in [2.05, 4.69) is 15.3 Å². The van der Waals surface area contributed by atoms with Crippen LogP contribution in [0.1, 0.15) is 16.1 Å². The molecule has 4 rings (SSSR count). The molecule has 3 aromatic rings. The third kappa shape index (κ3) is 5.05. The van der Waals surface area contributed by atoms with Gasteiger partial charge in [0.2, 0.25) is 0 Å². The van der Waals surface area contributed by atoms with Crippen LogP contribution in [0, 0.1) is 11.6 Å². The lowest BCUT2D eigenvalue weighted by Gasteiger charge is -2.11. The molecule has 3 N–H and O–H groups in total. The lowest BCUT2D eigenvalue weighted by Crippen LogP contribution is -2.31. The van der Waals surface area contributed by atoms with Gasteiger partial charge in [0.15, 0.2) is 5.82 Å². The van der Waals surface area contributed by atoms with E-state index in [0.29, 0.717) is 41.0 Å². The average molecular weight is 439 g/mol. The number of nitrogens with one attached hydrogen (secondary N) is 2. The summed E-state index contributed by atoms with van der Waals surface area (Å²) >= 11 is 0. The average Bonchev–Trinajstić information content (AvgIpc) is 3.13. The van der Waals surface area contributed by atoms with E-state index in [0.717, 1.165) is 11.9 Å². The Kier molecular flexibility index (Phi) is 6.04. The Morgan fingerprint density at radius 3 is 2.42 bits per heavy atom. The maximum Gasteiger partial charge on any atom is 0.490 e. The molecule has 0 fully saturated rings. The van der Waals surface area contributed by atoms with Crippen LogP contribution in [0.4, 0.5) is 22.0 Å². The Bertz CT molecular complexity index is 1140. The predicted octanol–water partition coefficient (Wildman–Crippen LogP) is 3.94. The van der Waals surface area contributed by atoms with Crippen molar-refractivity contribution in [2.24, 2.45) is 0 Å². The van der Waals surface area contributed by atoms with Crippen LogP contribution < -0.4 is 5.32 Å². The standard InChI is InChI=1S/C18H13F2N3O.C2HF3O2/c19-11-3-1-2-10(6-11)16-7-12(14(20)9-22-16)17-8-13-15(23-17)4-5-21-18(13)24;3-2(4,5)1(6)7/h1-3,6-9,23H,4-5H2,(H,21,24);(H,6,7). The summed E-state index contributed by atoms with van der Waals surface area (Å²) in [4.78, 5) is 27.9. The molecule has 0 atom stereocenters. The monoisotopic (exact) mass is 439 g/mol. The largest absolute Gasteiger partial charge is 0.490 e. The smallest absolute Gasteiger partial charge is 0.475 e. The van der Waals surface area contributed by atoms with Crippen molar-refractivity contribution in [1.82, 2.24) is 15.3 Å². The fourth-order valence-corrected chi connectivity index (χ4v) is 2.89. The maximum atomic E-state index is 14.3. The molecular formula is C20H14F5N3O3. The predicted molar refractivity (Wildman–Crippen MR) is 99.1 cm³/mol. The van der Waals surface area contributed by atoms with Crippen LogP contribution in [0.3, 0.4) is 0 Å². The van der Waals surface area contributed by atoms with E-state index in [1.807, 2.05) is 0 Å². The van der Waals surface area contributed by atoms with Crippen LogP contribution in [0.5, 0.6) is 0 Å². The quantitative estimate of drug-likeness (QED) is 0.527. The number of carboxylic acids is 1. The Morgan fingerprint density at radius 2 is 1.81 bits per heavy atom. The van der Waals surface area contributed by atoms with E-state index in [4.69, 9.17) is 9.90 Å². The number of pyridine rings is 1. The number of alkyl halides is 3. The van der Waals surface area contributed by atoms with Gasteiger partial charge in [0.05, 0.1) is 17.5 Å². The first-order valence-electron chi connectivity index (χ1n) is 8.78. The van der Waals surface area contributed by atoms with Crippen LogP contribution in [0.2, 0.25) is 0 Å². The van der Waals surface area contributed by atoms with Crippen molar-refractivity contribution in [2.45, 2.75) is 12.6 Å². The summed E-state index contributed by atoms with van der Waals surface area (Å²) in [6, 6.07) is 9.16. The molecule has 0 spiro atoms. The number of aliphatic carboxylic acids is 1. The molecule has 0 radical (unpaired) electrons. The number of carboxylic acid groups (broad SMARTS) is 1. The maximum absolute atomic E-state index is 14.3. The number of hydrogen-bond donors (Lipinski definition) is 3. The number of benzene rings is 1. The number of amides is 1. The molecule has 162 valence electrons. The molecular weight excluding hydrogens is 425 g/mol. The number of nitrogens with zero attached hydrogens (tertiary/aromatic N) is 1. The molecule has 6 nitrogen and oxygen atoms in total. The van der Waals surface area contributed by atoms with Crippen molar-refractivity contribution in [1.29, 1.82) is 0 Å². The molecule has 31 heavy (non-hydrogen) atoms. The second kappa shape index (κ2) is 8.54. The zero-order chi connectivity index (χ0) is 22.8. The van der Waals surface area contributed by atoms with Gasteiger partial charge in [-0.05, 0) is 24.3 Å². The molecule has 2 aromatic heterocycles. The van der Waals surface area contributed by atoms with E-state index in [1.165, 1.54) is 12.1 Å². The molecule has 0 saturated heterocycles. The molecule has 0 saturated carbocycles. The topological polar surface area (TPSA) is 95.1 Å². The first-order chi connectivity index (χ1) is 14.6. The van der Waals surface area contributed by atoms with Crippen LogP contribution >= 0.6 is 0 Å². The number of aromatic nitrogens is 2. The fraction of sp³-hybridized carbons (Fsp3) is 0.150. The molecule has 1 amide bonds. The van der Waals surface area contributed by atoms with Crippen molar-refractivity contribution in [3.8, 4) is 22.5 Å². The molecule has 0 bridgehead atoms. The molecule has 1 aliphatic heterocycles. The van der Waals surface area contributed by atoms with Gasteiger partial charge in [0.25, 0.3) is 5.91 Å². The van der Waals surface area contributed by atoms with Gasteiger partial charge < -0.3 is 15.4 Å². The van der Waals surface area contributed by atoms with Crippen LogP contribution in [0.25, 0.3) is 22.5 Å². The summed E-state index contributed by atoms with van der Waals surface area (Å²) in [5.41, 5.74) is 3.14. The Morgan fingerprint density at radius 1 is 1.10 bits per heavy atom. The number of carbonyl (C=O) groups excluding carboxylic acids is 1. The zero-order valence-electron chi connectivity index (χ0n) is 15.6. The SMILES string of the molecule is O=C(O)C(F)(F)F.O=C1NCCc2[nH]c(-c3cc(-c4cccc(F)c4)ncc3F)cc21. The van der Waals surface area contributed by atoms with Crippen molar-refractivity contribution in [3.05, 3.63) is 65.5 Å². The van der Waals surface area contributed by atoms with E-state index in [1.54, 1.807) is 24.3 Å². The van der Waals surface area contributed by atoms with Crippen molar-refractivity contribution in [3.63, 3.8) is 0 Å². The zero-order valence-corrected chi connectivity index (χ0v) is 15.6. The van der Waals surface area contributed by atoms with Gasteiger partial charge >= 0.3 is 12.1 Å². The second-order valence-electron chi connectivity index (χ2n) is 6.44. The summed E-state index contributed by atoms with van der Waals surface area (Å²) in [7, 11) is 0. The van der Waals surface area contributed by atoms with E-state index in [-0.39, 0.29) is 11.7 Å². The minimum absolute atomic E-state index is 0.168. The molecule has 11 heteroatoms. The highest BCUT2D eigenvalue weighted by atomic mass is 19.4. The highest BCUT2D eigenvalue weighted by molar-refractivity contribution is 5.97. The summed E-state index contributed by atoms with van der Waals surface area (Å²) < 4.78 is 59.4. The van der Waals surface area contributed by atoms with Crippen molar-refractivity contribution in [2.75, 3.05) is 6.54 Å². The van der Waals surface area contributed by atoms with Gasteiger partial charge in [0, 0.05) is 35.5 Å². The number of carbonyl (C=O) groups is 2. The minimum Gasteiger partial charge on any atom is -0.475 e. The van der Waals surface area contributed by atoms with E-state index < -0.39 is 18.0 Å². The number of halogens is 5. The first kappa shape index (κ1) is 21.9. The van der Waals surface area contributed by atoms with E-state index in [9.17, 15) is 26.7 Å². The number of rotatable bonds is 2. The van der Waals surface area contributed by atoms with Gasteiger partial charge in [0.1, 0.15) is 5.82 Å². The van der Waals surface area contributed by atoms with Gasteiger partial charge in [-0.15, -0.1) is 0 Å². The normalized spacial score (nSPS) is 13.0. The number of H-pyrrole nitrogens is 1. The Hall–Kier alpha value is -3.76. The lowest BCUT2D eigenvalue weighted by molar-refractivity contribution is -0.192. The Balaban J connectivity index is 0.000000339. The van der Waals surface area contributed by atoms with Gasteiger partial charge in [-0.1, -0.05) is 12.1 Å². The highest BCUT2D eigenvalue weighted by Gasteiger charge is 2.38.